The van der Waals surface area contributed by atoms with Gasteiger partial charge in [-0.3, -0.25) is 9.79 Å². The highest BCUT2D eigenvalue weighted by Crippen LogP contribution is 2.48. The molecule has 6 heteroatoms. The van der Waals surface area contributed by atoms with E-state index in [1.54, 1.807) is 13.1 Å². The van der Waals surface area contributed by atoms with Gasteiger partial charge < -0.3 is 16.0 Å². The van der Waals surface area contributed by atoms with E-state index >= 15 is 0 Å². The van der Waals surface area contributed by atoms with Crippen LogP contribution in [0.1, 0.15) is 44.1 Å². The molecule has 0 atom stereocenters. The number of hydrogen-bond donors (Lipinski definition) is 3. The molecule has 0 heterocycles. The third-order valence-corrected chi connectivity index (χ3v) is 4.93. The Kier molecular flexibility index (Phi) is 5.56. The second kappa shape index (κ2) is 7.85. The third-order valence-electron chi connectivity index (χ3n) is 4.93. The van der Waals surface area contributed by atoms with Crippen molar-refractivity contribution >= 4 is 11.9 Å². The van der Waals surface area contributed by atoms with Crippen molar-refractivity contribution in [3.63, 3.8) is 0 Å². The molecule has 2 aliphatic carbocycles. The summed E-state index contributed by atoms with van der Waals surface area (Å²) in [6.07, 6.45) is 5.49. The molecule has 3 rings (SSSR count). The molecule has 0 aliphatic heterocycles. The number of amides is 1. The molecule has 136 valence electrons. The fraction of sp³-hybridized carbons (Fsp3) is 0.579. The van der Waals surface area contributed by atoms with E-state index < -0.39 is 0 Å². The van der Waals surface area contributed by atoms with Crippen LogP contribution < -0.4 is 16.0 Å². The van der Waals surface area contributed by atoms with Gasteiger partial charge in [-0.25, -0.2) is 4.39 Å². The van der Waals surface area contributed by atoms with Crippen molar-refractivity contribution in [2.75, 3.05) is 20.1 Å². The van der Waals surface area contributed by atoms with Crippen LogP contribution in [0.3, 0.4) is 0 Å². The standard InChI is InChI=1S/C19H27FN4O/c1-21-18(22-12-4-7-17(25)24-14-8-9-14)23-13-19(10-11-19)15-5-2-3-6-16(15)20/h2-3,5-6,14H,4,7-13H2,1H3,(H,24,25)(H2,21,22,23). The number of carbonyl (C=O) groups is 1. The number of carbonyl (C=O) groups excluding carboxylic acids is 1. The van der Waals surface area contributed by atoms with Crippen molar-refractivity contribution in [3.05, 3.63) is 35.6 Å². The average Bonchev–Trinajstić information content (AvgIpc) is 3.51. The molecule has 0 unspecified atom stereocenters. The molecule has 1 amide bonds. The first-order chi connectivity index (χ1) is 12.1. The van der Waals surface area contributed by atoms with Crippen LogP contribution in [0.25, 0.3) is 0 Å². The zero-order chi connectivity index (χ0) is 17.7. The van der Waals surface area contributed by atoms with E-state index in [-0.39, 0.29) is 17.1 Å². The topological polar surface area (TPSA) is 65.5 Å². The predicted molar refractivity (Wildman–Crippen MR) is 97.1 cm³/mol. The minimum absolute atomic E-state index is 0.118. The number of guanidine groups is 1. The molecule has 2 saturated carbocycles. The number of hydrogen-bond acceptors (Lipinski definition) is 2. The van der Waals surface area contributed by atoms with Crippen LogP contribution in [0.15, 0.2) is 29.3 Å². The van der Waals surface area contributed by atoms with E-state index in [4.69, 9.17) is 0 Å². The van der Waals surface area contributed by atoms with Crippen LogP contribution >= 0.6 is 0 Å². The van der Waals surface area contributed by atoms with E-state index in [1.807, 2.05) is 12.1 Å². The lowest BCUT2D eigenvalue weighted by molar-refractivity contribution is -0.121. The SMILES string of the molecule is CN=C(NCCCC(=O)NC1CC1)NCC1(c2ccccc2F)CC1. The highest BCUT2D eigenvalue weighted by Gasteiger charge is 2.45. The highest BCUT2D eigenvalue weighted by molar-refractivity contribution is 5.80. The van der Waals surface area contributed by atoms with Crippen molar-refractivity contribution in [1.29, 1.82) is 0 Å². The number of aliphatic imine (C=N–C) groups is 1. The molecule has 1 aromatic rings. The highest BCUT2D eigenvalue weighted by atomic mass is 19.1. The summed E-state index contributed by atoms with van der Waals surface area (Å²) in [7, 11) is 1.72. The number of rotatable bonds is 8. The van der Waals surface area contributed by atoms with E-state index in [0.717, 1.165) is 37.7 Å². The number of halogens is 1. The normalized spacial score (nSPS) is 18.6. The zero-order valence-corrected chi connectivity index (χ0v) is 14.8. The maximum absolute atomic E-state index is 14.0. The summed E-state index contributed by atoms with van der Waals surface area (Å²) >= 11 is 0. The van der Waals surface area contributed by atoms with Gasteiger partial charge in [0.05, 0.1) is 0 Å². The molecule has 25 heavy (non-hydrogen) atoms. The van der Waals surface area contributed by atoms with Crippen molar-refractivity contribution in [3.8, 4) is 0 Å². The van der Waals surface area contributed by atoms with Gasteiger partial charge in [-0.05, 0) is 43.7 Å². The molecule has 0 aromatic heterocycles. The van der Waals surface area contributed by atoms with E-state index in [2.05, 4.69) is 20.9 Å². The number of benzene rings is 1. The maximum atomic E-state index is 14.0. The Balaban J connectivity index is 1.39. The Morgan fingerprint density at radius 3 is 2.68 bits per heavy atom. The van der Waals surface area contributed by atoms with Crippen LogP contribution in [0.2, 0.25) is 0 Å². The first-order valence-electron chi connectivity index (χ1n) is 9.12. The predicted octanol–water partition coefficient (Wildman–Crippen LogP) is 2.08. The number of nitrogens with zero attached hydrogens (tertiary/aromatic N) is 1. The van der Waals surface area contributed by atoms with Gasteiger partial charge in [0.1, 0.15) is 5.82 Å². The summed E-state index contributed by atoms with van der Waals surface area (Å²) in [5.74, 6) is 0.695. The van der Waals surface area contributed by atoms with Crippen molar-refractivity contribution in [2.24, 2.45) is 4.99 Å². The molecule has 3 N–H and O–H groups in total. The van der Waals surface area contributed by atoms with Gasteiger partial charge in [0.2, 0.25) is 5.91 Å². The van der Waals surface area contributed by atoms with Gasteiger partial charge in [0, 0.05) is 38.0 Å². The summed E-state index contributed by atoms with van der Waals surface area (Å²) in [6, 6.07) is 7.43. The van der Waals surface area contributed by atoms with E-state index in [0.29, 0.717) is 31.5 Å². The van der Waals surface area contributed by atoms with Gasteiger partial charge in [-0.15, -0.1) is 0 Å². The second-order valence-corrected chi connectivity index (χ2v) is 7.06. The van der Waals surface area contributed by atoms with Gasteiger partial charge in [0.15, 0.2) is 5.96 Å². The smallest absolute Gasteiger partial charge is 0.220 e. The molecule has 2 fully saturated rings. The minimum atomic E-state index is -0.133. The largest absolute Gasteiger partial charge is 0.356 e. The Hall–Kier alpha value is -2.11. The van der Waals surface area contributed by atoms with E-state index in [9.17, 15) is 9.18 Å². The average molecular weight is 346 g/mol. The molecule has 0 radical (unpaired) electrons. The lowest BCUT2D eigenvalue weighted by atomic mass is 9.95. The lowest BCUT2D eigenvalue weighted by Gasteiger charge is -2.19. The monoisotopic (exact) mass is 346 g/mol. The summed E-state index contributed by atoms with van der Waals surface area (Å²) in [6.45, 7) is 1.35. The summed E-state index contributed by atoms with van der Waals surface area (Å²) in [5.41, 5.74) is 0.669. The van der Waals surface area contributed by atoms with Crippen molar-refractivity contribution < 1.29 is 9.18 Å². The molecule has 0 bridgehead atoms. The molecular formula is C19H27FN4O. The summed E-state index contributed by atoms with van der Waals surface area (Å²) in [4.78, 5) is 15.9. The number of nitrogens with one attached hydrogen (secondary N) is 3. The Morgan fingerprint density at radius 2 is 2.04 bits per heavy atom. The third kappa shape index (κ3) is 4.94. The zero-order valence-electron chi connectivity index (χ0n) is 14.8. The van der Waals surface area contributed by atoms with Crippen molar-refractivity contribution in [1.82, 2.24) is 16.0 Å². The Labute approximate surface area is 148 Å². The Morgan fingerprint density at radius 1 is 1.28 bits per heavy atom. The fourth-order valence-electron chi connectivity index (χ4n) is 3.04. The maximum Gasteiger partial charge on any atom is 0.220 e. The molecule has 0 saturated heterocycles. The Bertz CT molecular complexity index is 638. The summed E-state index contributed by atoms with van der Waals surface area (Å²) in [5, 5.41) is 9.51. The first-order valence-corrected chi connectivity index (χ1v) is 9.12. The quantitative estimate of drug-likeness (QED) is 0.384. The van der Waals surface area contributed by atoms with Crippen LogP contribution in [-0.2, 0) is 10.2 Å². The van der Waals surface area contributed by atoms with Gasteiger partial charge in [-0.2, -0.15) is 0 Å². The van der Waals surface area contributed by atoms with Crippen LogP contribution in [-0.4, -0.2) is 38.0 Å². The van der Waals surface area contributed by atoms with Crippen LogP contribution in [0, 0.1) is 5.82 Å². The van der Waals surface area contributed by atoms with Crippen LogP contribution in [0.4, 0.5) is 4.39 Å². The molecule has 1 aromatic carbocycles. The molecular weight excluding hydrogens is 319 g/mol. The second-order valence-electron chi connectivity index (χ2n) is 7.06. The van der Waals surface area contributed by atoms with Crippen molar-refractivity contribution in [2.45, 2.75) is 50.0 Å². The van der Waals surface area contributed by atoms with Crippen LogP contribution in [0.5, 0.6) is 0 Å². The minimum Gasteiger partial charge on any atom is -0.356 e. The lowest BCUT2D eigenvalue weighted by Crippen LogP contribution is -2.42. The molecule has 5 nitrogen and oxygen atoms in total. The first kappa shape index (κ1) is 17.7. The fourth-order valence-corrected chi connectivity index (χ4v) is 3.04. The van der Waals surface area contributed by atoms with E-state index in [1.165, 1.54) is 6.07 Å². The summed E-state index contributed by atoms with van der Waals surface area (Å²) < 4.78 is 14.0. The van der Waals surface area contributed by atoms with Gasteiger partial charge in [-0.1, -0.05) is 18.2 Å². The molecule has 0 spiro atoms. The van der Waals surface area contributed by atoms with Gasteiger partial charge >= 0.3 is 0 Å². The van der Waals surface area contributed by atoms with Gasteiger partial charge in [0.25, 0.3) is 0 Å². The molecule has 2 aliphatic rings.